The maximum absolute atomic E-state index is 12.2. The summed E-state index contributed by atoms with van der Waals surface area (Å²) in [6.45, 7) is 8.54. The largest absolute Gasteiger partial charge is 0.356 e. The lowest BCUT2D eigenvalue weighted by Gasteiger charge is -2.17. The van der Waals surface area contributed by atoms with Crippen molar-refractivity contribution >= 4 is 11.8 Å². The average molecular weight is 367 g/mol. The number of hydrogen-bond acceptors (Lipinski definition) is 2. The van der Waals surface area contributed by atoms with E-state index in [0.29, 0.717) is 25.4 Å². The van der Waals surface area contributed by atoms with Gasteiger partial charge in [0.2, 0.25) is 11.8 Å². The first-order valence-corrected chi connectivity index (χ1v) is 11.2. The first-order chi connectivity index (χ1) is 12.6. The molecule has 0 radical (unpaired) electrons. The second-order valence-electron chi connectivity index (χ2n) is 7.95. The lowest BCUT2D eigenvalue weighted by molar-refractivity contribution is -0.128. The predicted octanol–water partition coefficient (Wildman–Crippen LogP) is 4.92. The average Bonchev–Trinajstić information content (AvgIpc) is 3.03. The number of nitrogens with zero attached hydrogens (tertiary/aromatic N) is 1. The summed E-state index contributed by atoms with van der Waals surface area (Å²) in [6.07, 6.45) is 14.9. The van der Waals surface area contributed by atoms with Crippen LogP contribution in [0.15, 0.2) is 0 Å². The molecule has 1 fully saturated rings. The molecule has 2 atom stereocenters. The first-order valence-electron chi connectivity index (χ1n) is 11.2. The zero-order chi connectivity index (χ0) is 19.2. The van der Waals surface area contributed by atoms with Gasteiger partial charge < -0.3 is 10.2 Å². The fourth-order valence-corrected chi connectivity index (χ4v) is 3.92. The highest BCUT2D eigenvalue weighted by molar-refractivity contribution is 5.89. The molecule has 1 N–H and O–H groups in total. The Hall–Kier alpha value is -1.06. The molecule has 26 heavy (non-hydrogen) atoms. The van der Waals surface area contributed by atoms with Crippen molar-refractivity contribution in [1.82, 2.24) is 10.2 Å². The molecule has 0 aliphatic carbocycles. The fourth-order valence-electron chi connectivity index (χ4n) is 3.92. The summed E-state index contributed by atoms with van der Waals surface area (Å²) in [4.78, 5) is 25.8. The van der Waals surface area contributed by atoms with Gasteiger partial charge in [0, 0.05) is 26.1 Å². The molecule has 2 unspecified atom stereocenters. The van der Waals surface area contributed by atoms with Crippen molar-refractivity contribution in [2.75, 3.05) is 19.6 Å². The Balaban J connectivity index is 2.07. The maximum atomic E-state index is 12.2. The normalized spacial score (nSPS) is 18.3. The molecule has 1 aliphatic heterocycles. The number of carbonyl (C=O) groups is 2. The Morgan fingerprint density at radius 1 is 1.04 bits per heavy atom. The number of hydrogen-bond donors (Lipinski definition) is 1. The van der Waals surface area contributed by atoms with Crippen LogP contribution in [0.2, 0.25) is 0 Å². The summed E-state index contributed by atoms with van der Waals surface area (Å²) in [5.74, 6) is 0.757. The van der Waals surface area contributed by atoms with E-state index in [0.717, 1.165) is 13.0 Å². The van der Waals surface area contributed by atoms with Gasteiger partial charge >= 0.3 is 0 Å². The van der Waals surface area contributed by atoms with Gasteiger partial charge in [-0.1, -0.05) is 78.1 Å². The third kappa shape index (κ3) is 9.05. The Labute approximate surface area is 161 Å². The van der Waals surface area contributed by atoms with Crippen LogP contribution in [-0.2, 0) is 9.59 Å². The van der Waals surface area contributed by atoms with Crippen LogP contribution in [0.5, 0.6) is 0 Å². The number of carbonyl (C=O) groups excluding carboxylic acids is 2. The van der Waals surface area contributed by atoms with E-state index < -0.39 is 0 Å². The van der Waals surface area contributed by atoms with Gasteiger partial charge in [-0.3, -0.25) is 9.59 Å². The summed E-state index contributed by atoms with van der Waals surface area (Å²) in [5.41, 5.74) is 0. The monoisotopic (exact) mass is 366 g/mol. The van der Waals surface area contributed by atoms with E-state index in [4.69, 9.17) is 0 Å². The van der Waals surface area contributed by atoms with E-state index in [9.17, 15) is 9.59 Å². The summed E-state index contributed by atoms with van der Waals surface area (Å²) in [5, 5.41) is 3.07. The molecular formula is C22H42N2O2. The molecular weight excluding hydrogens is 324 g/mol. The van der Waals surface area contributed by atoms with E-state index in [2.05, 4.69) is 19.2 Å². The molecule has 152 valence electrons. The second kappa shape index (κ2) is 14.1. The van der Waals surface area contributed by atoms with Crippen LogP contribution in [-0.4, -0.2) is 36.3 Å². The van der Waals surface area contributed by atoms with Crippen LogP contribution in [0.1, 0.15) is 97.8 Å². The van der Waals surface area contributed by atoms with Gasteiger partial charge in [-0.25, -0.2) is 0 Å². The fraction of sp³-hybridized carbons (Fsp3) is 0.909. The molecule has 4 nitrogen and oxygen atoms in total. The molecule has 0 spiro atoms. The Bertz CT molecular complexity index is 398. The third-order valence-electron chi connectivity index (χ3n) is 5.86. The number of likely N-dealkylation sites (tertiary alicyclic amines) is 1. The van der Waals surface area contributed by atoms with Gasteiger partial charge in [0.1, 0.15) is 0 Å². The van der Waals surface area contributed by atoms with Gasteiger partial charge in [-0.05, 0) is 19.3 Å². The number of rotatable bonds is 15. The standard InChI is InChI=1S/C22H42N2O2/c1-4-7-8-9-10-11-12-13-14-19(5-2)15-16-23-22(26)20-17-21(25)24(6-3)18-20/h19-20H,4-18H2,1-3H3,(H,23,26). The smallest absolute Gasteiger partial charge is 0.225 e. The van der Waals surface area contributed by atoms with Crippen molar-refractivity contribution in [2.45, 2.75) is 97.8 Å². The van der Waals surface area contributed by atoms with Crippen LogP contribution in [0.3, 0.4) is 0 Å². The van der Waals surface area contributed by atoms with Crippen molar-refractivity contribution in [3.63, 3.8) is 0 Å². The van der Waals surface area contributed by atoms with Crippen LogP contribution < -0.4 is 5.32 Å². The predicted molar refractivity (Wildman–Crippen MR) is 109 cm³/mol. The quantitative estimate of drug-likeness (QED) is 0.418. The lowest BCUT2D eigenvalue weighted by Crippen LogP contribution is -2.34. The van der Waals surface area contributed by atoms with E-state index in [1.54, 1.807) is 4.90 Å². The Morgan fingerprint density at radius 3 is 2.27 bits per heavy atom. The molecule has 0 aromatic carbocycles. The maximum Gasteiger partial charge on any atom is 0.225 e. The highest BCUT2D eigenvalue weighted by atomic mass is 16.2. The van der Waals surface area contributed by atoms with E-state index in [1.165, 1.54) is 64.2 Å². The first kappa shape index (κ1) is 23.0. The second-order valence-corrected chi connectivity index (χ2v) is 7.95. The van der Waals surface area contributed by atoms with Gasteiger partial charge in [0.15, 0.2) is 0 Å². The van der Waals surface area contributed by atoms with Crippen molar-refractivity contribution in [1.29, 1.82) is 0 Å². The molecule has 0 bridgehead atoms. The van der Waals surface area contributed by atoms with Crippen molar-refractivity contribution in [3.8, 4) is 0 Å². The zero-order valence-corrected chi connectivity index (χ0v) is 17.5. The highest BCUT2D eigenvalue weighted by Gasteiger charge is 2.33. The van der Waals surface area contributed by atoms with E-state index >= 15 is 0 Å². The summed E-state index contributed by atoms with van der Waals surface area (Å²) >= 11 is 0. The summed E-state index contributed by atoms with van der Waals surface area (Å²) in [6, 6.07) is 0. The van der Waals surface area contributed by atoms with Gasteiger partial charge in [-0.15, -0.1) is 0 Å². The molecule has 1 aliphatic rings. The molecule has 1 saturated heterocycles. The van der Waals surface area contributed by atoms with Crippen molar-refractivity contribution < 1.29 is 9.59 Å². The molecule has 2 amide bonds. The zero-order valence-electron chi connectivity index (χ0n) is 17.5. The summed E-state index contributed by atoms with van der Waals surface area (Å²) < 4.78 is 0. The van der Waals surface area contributed by atoms with Crippen LogP contribution in [0, 0.1) is 11.8 Å². The minimum atomic E-state index is -0.143. The molecule has 1 heterocycles. The minimum absolute atomic E-state index is 0.0660. The number of amides is 2. The summed E-state index contributed by atoms with van der Waals surface area (Å²) in [7, 11) is 0. The Morgan fingerprint density at radius 2 is 1.69 bits per heavy atom. The lowest BCUT2D eigenvalue weighted by atomic mass is 9.94. The van der Waals surface area contributed by atoms with E-state index in [-0.39, 0.29) is 17.7 Å². The Kier molecular flexibility index (Phi) is 12.4. The van der Waals surface area contributed by atoms with Crippen LogP contribution in [0.4, 0.5) is 0 Å². The molecule has 1 rings (SSSR count). The van der Waals surface area contributed by atoms with Gasteiger partial charge in [0.25, 0.3) is 0 Å². The molecule has 0 aromatic rings. The third-order valence-corrected chi connectivity index (χ3v) is 5.86. The van der Waals surface area contributed by atoms with Crippen LogP contribution >= 0.6 is 0 Å². The van der Waals surface area contributed by atoms with Gasteiger partial charge in [-0.2, -0.15) is 0 Å². The molecule has 0 saturated carbocycles. The van der Waals surface area contributed by atoms with Gasteiger partial charge in [0.05, 0.1) is 5.92 Å². The number of unbranched alkanes of at least 4 members (excludes halogenated alkanes) is 7. The van der Waals surface area contributed by atoms with E-state index in [1.807, 2.05) is 6.92 Å². The van der Waals surface area contributed by atoms with Crippen LogP contribution in [0.25, 0.3) is 0 Å². The minimum Gasteiger partial charge on any atom is -0.356 e. The molecule has 0 aromatic heterocycles. The highest BCUT2D eigenvalue weighted by Crippen LogP contribution is 2.19. The van der Waals surface area contributed by atoms with Crippen molar-refractivity contribution in [3.05, 3.63) is 0 Å². The van der Waals surface area contributed by atoms with Crippen molar-refractivity contribution in [2.24, 2.45) is 11.8 Å². The molecule has 4 heteroatoms. The topological polar surface area (TPSA) is 49.4 Å². The number of nitrogens with one attached hydrogen (secondary N) is 1. The SMILES string of the molecule is CCCCCCCCCCC(CC)CCNC(=O)C1CC(=O)N(CC)C1.